The van der Waals surface area contributed by atoms with Gasteiger partial charge < -0.3 is 14.5 Å². The topological polar surface area (TPSA) is 75.9 Å². The summed E-state index contributed by atoms with van der Waals surface area (Å²) in [6.45, 7) is 1.60. The van der Waals surface area contributed by atoms with Crippen LogP contribution in [0.25, 0.3) is 16.9 Å². The fourth-order valence-corrected chi connectivity index (χ4v) is 3.66. The number of aromatic nitrogens is 2. The normalized spacial score (nSPS) is 15.5. The third-order valence-corrected chi connectivity index (χ3v) is 5.20. The van der Waals surface area contributed by atoms with Gasteiger partial charge in [-0.05, 0) is 43.3 Å². The standard InChI is InChI=1S/C24H20N4O3/c1-16-24(30)28(20-6-2-3-7-21(20)31-16)15-23(29)25-18-11-9-17(10-12-18)19-14-27-13-5-4-8-22(27)26-19/h2-14,16H,15H2,1H3,(H,25,29). The summed E-state index contributed by atoms with van der Waals surface area (Å²) in [5.74, 6) is 0.0768. The minimum Gasteiger partial charge on any atom is -0.479 e. The molecule has 0 aliphatic carbocycles. The summed E-state index contributed by atoms with van der Waals surface area (Å²) in [5, 5.41) is 2.86. The zero-order chi connectivity index (χ0) is 21.4. The number of ether oxygens (including phenoxy) is 1. The van der Waals surface area contributed by atoms with E-state index in [1.165, 1.54) is 4.90 Å². The Balaban J connectivity index is 1.30. The van der Waals surface area contributed by atoms with Crippen LogP contribution >= 0.6 is 0 Å². The fraction of sp³-hybridized carbons (Fsp3) is 0.125. The number of nitrogens with one attached hydrogen (secondary N) is 1. The molecular formula is C24H20N4O3. The lowest BCUT2D eigenvalue weighted by Crippen LogP contribution is -2.47. The SMILES string of the molecule is CC1Oc2ccccc2N(CC(=O)Nc2ccc(-c3cn4ccccc4n3)cc2)C1=O. The minimum atomic E-state index is -0.632. The first-order chi connectivity index (χ1) is 15.1. The van der Waals surface area contributed by atoms with Crippen molar-refractivity contribution in [2.45, 2.75) is 13.0 Å². The molecule has 3 heterocycles. The number of anilines is 2. The summed E-state index contributed by atoms with van der Waals surface area (Å²) < 4.78 is 7.58. The molecule has 154 valence electrons. The second-order valence-electron chi connectivity index (χ2n) is 7.37. The van der Waals surface area contributed by atoms with Crippen LogP contribution < -0.4 is 15.0 Å². The highest BCUT2D eigenvalue weighted by Crippen LogP contribution is 2.33. The zero-order valence-electron chi connectivity index (χ0n) is 16.9. The number of hydrogen-bond donors (Lipinski definition) is 1. The first-order valence-electron chi connectivity index (χ1n) is 9.99. The van der Waals surface area contributed by atoms with Gasteiger partial charge in [-0.3, -0.25) is 14.5 Å². The number of rotatable bonds is 4. The summed E-state index contributed by atoms with van der Waals surface area (Å²) in [7, 11) is 0. The van der Waals surface area contributed by atoms with Crippen LogP contribution in [0.4, 0.5) is 11.4 Å². The number of carbonyl (C=O) groups excluding carboxylic acids is 2. The van der Waals surface area contributed by atoms with E-state index in [1.54, 1.807) is 19.1 Å². The Morgan fingerprint density at radius 2 is 1.84 bits per heavy atom. The number of hydrogen-bond acceptors (Lipinski definition) is 4. The van der Waals surface area contributed by atoms with Crippen LogP contribution in [0.2, 0.25) is 0 Å². The molecule has 0 fully saturated rings. The van der Waals surface area contributed by atoms with E-state index >= 15 is 0 Å². The van der Waals surface area contributed by atoms with E-state index in [-0.39, 0.29) is 18.4 Å². The molecule has 31 heavy (non-hydrogen) atoms. The van der Waals surface area contributed by atoms with E-state index in [0.717, 1.165) is 16.9 Å². The highest BCUT2D eigenvalue weighted by Gasteiger charge is 2.32. The van der Waals surface area contributed by atoms with Crippen LogP contribution in [-0.4, -0.2) is 33.8 Å². The lowest BCUT2D eigenvalue weighted by atomic mass is 10.1. The van der Waals surface area contributed by atoms with Gasteiger partial charge in [-0.25, -0.2) is 4.98 Å². The minimum absolute atomic E-state index is 0.0856. The van der Waals surface area contributed by atoms with E-state index in [2.05, 4.69) is 10.3 Å². The van der Waals surface area contributed by atoms with E-state index in [1.807, 2.05) is 71.4 Å². The van der Waals surface area contributed by atoms with E-state index < -0.39 is 6.10 Å². The van der Waals surface area contributed by atoms with Crippen LogP contribution in [0, 0.1) is 0 Å². The van der Waals surface area contributed by atoms with Crippen LogP contribution in [0.3, 0.4) is 0 Å². The molecule has 1 N–H and O–H groups in total. The molecule has 0 spiro atoms. The van der Waals surface area contributed by atoms with Crippen molar-refractivity contribution < 1.29 is 14.3 Å². The Kier molecular flexibility index (Phi) is 4.63. The number of amides is 2. The zero-order valence-corrected chi connectivity index (χ0v) is 16.9. The van der Waals surface area contributed by atoms with E-state index in [4.69, 9.17) is 4.74 Å². The Hall–Kier alpha value is -4.13. The molecule has 0 saturated carbocycles. The molecule has 4 aromatic rings. The maximum atomic E-state index is 12.7. The van der Waals surface area contributed by atoms with Gasteiger partial charge in [0.2, 0.25) is 5.91 Å². The molecule has 2 aromatic carbocycles. The first-order valence-corrected chi connectivity index (χ1v) is 9.99. The molecule has 1 atom stereocenters. The molecular weight excluding hydrogens is 392 g/mol. The smallest absolute Gasteiger partial charge is 0.268 e. The number of imidazole rings is 1. The summed E-state index contributed by atoms with van der Waals surface area (Å²) >= 11 is 0. The molecule has 7 nitrogen and oxygen atoms in total. The van der Waals surface area contributed by atoms with Gasteiger partial charge in [0.15, 0.2) is 6.10 Å². The highest BCUT2D eigenvalue weighted by atomic mass is 16.5. The molecule has 5 rings (SSSR count). The summed E-state index contributed by atoms with van der Waals surface area (Å²) in [6.07, 6.45) is 3.28. The van der Waals surface area contributed by atoms with Crippen LogP contribution in [0.15, 0.2) is 79.1 Å². The average molecular weight is 412 g/mol. The molecule has 1 unspecified atom stereocenters. The van der Waals surface area contributed by atoms with Crippen molar-refractivity contribution >= 4 is 28.8 Å². The highest BCUT2D eigenvalue weighted by molar-refractivity contribution is 6.06. The quantitative estimate of drug-likeness (QED) is 0.554. The number of carbonyl (C=O) groups is 2. The van der Waals surface area contributed by atoms with Gasteiger partial charge >= 0.3 is 0 Å². The Morgan fingerprint density at radius 1 is 1.06 bits per heavy atom. The molecule has 0 radical (unpaired) electrons. The van der Waals surface area contributed by atoms with Gasteiger partial charge in [0, 0.05) is 23.6 Å². The number of benzene rings is 2. The summed E-state index contributed by atoms with van der Waals surface area (Å²) in [4.78, 5) is 31.3. The number of para-hydroxylation sites is 2. The van der Waals surface area contributed by atoms with Crippen molar-refractivity contribution in [1.29, 1.82) is 0 Å². The van der Waals surface area contributed by atoms with E-state index in [0.29, 0.717) is 17.1 Å². The second-order valence-corrected chi connectivity index (χ2v) is 7.37. The Labute approximate surface area is 178 Å². The predicted molar refractivity (Wildman–Crippen MR) is 118 cm³/mol. The van der Waals surface area contributed by atoms with Gasteiger partial charge in [-0.15, -0.1) is 0 Å². The van der Waals surface area contributed by atoms with Crippen molar-refractivity contribution in [3.05, 3.63) is 79.1 Å². The van der Waals surface area contributed by atoms with Crippen molar-refractivity contribution in [1.82, 2.24) is 9.38 Å². The molecule has 2 aromatic heterocycles. The maximum absolute atomic E-state index is 12.7. The van der Waals surface area contributed by atoms with Crippen LogP contribution in [0.1, 0.15) is 6.92 Å². The van der Waals surface area contributed by atoms with E-state index in [9.17, 15) is 9.59 Å². The lowest BCUT2D eigenvalue weighted by Gasteiger charge is -2.32. The molecule has 0 bridgehead atoms. The van der Waals surface area contributed by atoms with Crippen molar-refractivity contribution in [2.24, 2.45) is 0 Å². The second kappa shape index (κ2) is 7.60. The first kappa shape index (κ1) is 18.9. The van der Waals surface area contributed by atoms with Gasteiger partial charge in [0.05, 0.1) is 11.4 Å². The number of fused-ring (bicyclic) bond motifs is 2. The summed E-state index contributed by atoms with van der Waals surface area (Å²) in [6, 6.07) is 20.5. The van der Waals surface area contributed by atoms with Crippen LogP contribution in [-0.2, 0) is 9.59 Å². The largest absolute Gasteiger partial charge is 0.479 e. The third-order valence-electron chi connectivity index (χ3n) is 5.20. The summed E-state index contributed by atoms with van der Waals surface area (Å²) in [5.41, 5.74) is 3.93. The van der Waals surface area contributed by atoms with Crippen molar-refractivity contribution in [2.75, 3.05) is 16.8 Å². The van der Waals surface area contributed by atoms with Gasteiger partial charge in [-0.2, -0.15) is 0 Å². The predicted octanol–water partition coefficient (Wildman–Crippen LogP) is 3.75. The Bertz CT molecular complexity index is 1250. The van der Waals surface area contributed by atoms with Gasteiger partial charge in [-0.1, -0.05) is 30.3 Å². The maximum Gasteiger partial charge on any atom is 0.268 e. The molecule has 1 aliphatic rings. The third kappa shape index (κ3) is 3.61. The monoisotopic (exact) mass is 412 g/mol. The number of pyridine rings is 1. The van der Waals surface area contributed by atoms with Gasteiger partial charge in [0.1, 0.15) is 17.9 Å². The molecule has 7 heteroatoms. The van der Waals surface area contributed by atoms with Crippen LogP contribution in [0.5, 0.6) is 5.75 Å². The Morgan fingerprint density at radius 3 is 2.65 bits per heavy atom. The molecule has 0 saturated heterocycles. The van der Waals surface area contributed by atoms with Gasteiger partial charge in [0.25, 0.3) is 5.91 Å². The molecule has 2 amide bonds. The lowest BCUT2D eigenvalue weighted by molar-refractivity contribution is -0.127. The number of nitrogens with zero attached hydrogens (tertiary/aromatic N) is 3. The average Bonchev–Trinajstić information content (AvgIpc) is 3.22. The fourth-order valence-electron chi connectivity index (χ4n) is 3.66. The molecule has 1 aliphatic heterocycles. The van der Waals surface area contributed by atoms with Crippen molar-refractivity contribution in [3.8, 4) is 17.0 Å². The van der Waals surface area contributed by atoms with Crippen molar-refractivity contribution in [3.63, 3.8) is 0 Å².